The fourth-order valence-electron chi connectivity index (χ4n) is 3.85. The fourth-order valence-corrected chi connectivity index (χ4v) is 4.64. The molecule has 1 N–H and O–H groups in total. The Bertz CT molecular complexity index is 613. The van der Waals surface area contributed by atoms with Gasteiger partial charge in [0.15, 0.2) is 0 Å². The molecule has 2 saturated heterocycles. The van der Waals surface area contributed by atoms with Crippen LogP contribution in [0.2, 0.25) is 0 Å². The molecular formula is C18H25N3O3S. The maximum absolute atomic E-state index is 12.6. The van der Waals surface area contributed by atoms with Crippen molar-refractivity contribution >= 4 is 23.6 Å². The summed E-state index contributed by atoms with van der Waals surface area (Å²) in [5.74, 6) is 0.710. The van der Waals surface area contributed by atoms with Crippen LogP contribution >= 0.6 is 11.8 Å². The van der Waals surface area contributed by atoms with Gasteiger partial charge in [-0.25, -0.2) is 0 Å². The molecule has 0 unspecified atom stereocenters. The fraction of sp³-hybridized carbons (Fsp3) is 0.611. The molecule has 1 spiro atoms. The van der Waals surface area contributed by atoms with Gasteiger partial charge in [-0.15, -0.1) is 11.8 Å². The first-order valence-corrected chi connectivity index (χ1v) is 9.80. The van der Waals surface area contributed by atoms with Crippen LogP contribution in [-0.4, -0.2) is 70.2 Å². The third-order valence-corrected chi connectivity index (χ3v) is 6.14. The lowest BCUT2D eigenvalue weighted by molar-refractivity contribution is -0.142. The number of aliphatic hydroxyl groups is 1. The zero-order valence-electron chi connectivity index (χ0n) is 14.4. The Labute approximate surface area is 152 Å². The van der Waals surface area contributed by atoms with Gasteiger partial charge in [0.2, 0.25) is 11.8 Å². The van der Waals surface area contributed by atoms with Crippen LogP contribution in [0.5, 0.6) is 0 Å². The number of nitrogens with zero attached hydrogens (tertiary/aromatic N) is 3. The Morgan fingerprint density at radius 1 is 1.28 bits per heavy atom. The average Bonchev–Trinajstić information content (AvgIpc) is 2.64. The first kappa shape index (κ1) is 18.2. The minimum absolute atomic E-state index is 0.00166. The van der Waals surface area contributed by atoms with E-state index in [1.54, 1.807) is 17.3 Å². The highest BCUT2D eigenvalue weighted by Crippen LogP contribution is 2.39. The van der Waals surface area contributed by atoms with E-state index in [2.05, 4.69) is 4.98 Å². The van der Waals surface area contributed by atoms with Gasteiger partial charge in [0.25, 0.3) is 0 Å². The molecule has 1 aromatic rings. The zero-order valence-corrected chi connectivity index (χ0v) is 15.2. The molecule has 2 aliphatic rings. The Kier molecular flexibility index (Phi) is 5.96. The molecule has 0 saturated carbocycles. The first-order chi connectivity index (χ1) is 12.1. The molecule has 1 atom stereocenters. The number of hydrogen-bond acceptors (Lipinski definition) is 5. The minimum Gasteiger partial charge on any atom is -0.395 e. The van der Waals surface area contributed by atoms with Crippen molar-refractivity contribution in [2.45, 2.75) is 30.6 Å². The van der Waals surface area contributed by atoms with Crippen molar-refractivity contribution < 1.29 is 14.7 Å². The molecule has 3 heterocycles. The second-order valence-corrected chi connectivity index (χ2v) is 7.98. The zero-order chi connectivity index (χ0) is 17.7. The molecule has 0 bridgehead atoms. The Balaban J connectivity index is 1.58. The van der Waals surface area contributed by atoms with Crippen LogP contribution in [0.4, 0.5) is 0 Å². The summed E-state index contributed by atoms with van der Waals surface area (Å²) in [7, 11) is 0. The molecule has 2 fully saturated rings. The van der Waals surface area contributed by atoms with Crippen LogP contribution in [0.3, 0.4) is 0 Å². The van der Waals surface area contributed by atoms with Crippen molar-refractivity contribution in [2.24, 2.45) is 5.41 Å². The molecule has 136 valence electrons. The van der Waals surface area contributed by atoms with E-state index in [-0.39, 0.29) is 23.8 Å². The number of hydrogen-bond donors (Lipinski definition) is 1. The summed E-state index contributed by atoms with van der Waals surface area (Å²) >= 11 is 1.54. The molecular weight excluding hydrogens is 338 g/mol. The summed E-state index contributed by atoms with van der Waals surface area (Å²) in [6.45, 7) is 2.57. The number of thioether (sulfide) groups is 1. The molecule has 6 nitrogen and oxygen atoms in total. The van der Waals surface area contributed by atoms with E-state index >= 15 is 0 Å². The normalized spacial score (nSPS) is 24.0. The summed E-state index contributed by atoms with van der Waals surface area (Å²) in [5, 5.41) is 9.18. The largest absolute Gasteiger partial charge is 0.395 e. The van der Waals surface area contributed by atoms with Gasteiger partial charge in [0, 0.05) is 55.3 Å². The quantitative estimate of drug-likeness (QED) is 0.801. The number of rotatable bonds is 5. The van der Waals surface area contributed by atoms with Crippen LogP contribution < -0.4 is 0 Å². The van der Waals surface area contributed by atoms with Gasteiger partial charge in [-0.05, 0) is 31.4 Å². The third-order valence-electron chi connectivity index (χ3n) is 5.14. The number of aromatic nitrogens is 1. The molecule has 2 aliphatic heterocycles. The maximum atomic E-state index is 12.6. The van der Waals surface area contributed by atoms with Crippen molar-refractivity contribution in [2.75, 3.05) is 38.5 Å². The number of carbonyl (C=O) groups is 2. The number of carbonyl (C=O) groups excluding carboxylic acids is 2. The van der Waals surface area contributed by atoms with Gasteiger partial charge >= 0.3 is 0 Å². The Morgan fingerprint density at radius 2 is 2.08 bits per heavy atom. The Morgan fingerprint density at radius 3 is 2.84 bits per heavy atom. The van der Waals surface area contributed by atoms with Crippen LogP contribution in [0, 0.1) is 5.41 Å². The van der Waals surface area contributed by atoms with Crippen molar-refractivity contribution in [1.82, 2.24) is 14.8 Å². The highest BCUT2D eigenvalue weighted by Gasteiger charge is 2.42. The van der Waals surface area contributed by atoms with E-state index in [0.29, 0.717) is 25.3 Å². The number of likely N-dealkylation sites (tertiary alicyclic amines) is 2. The number of amides is 2. The van der Waals surface area contributed by atoms with Gasteiger partial charge < -0.3 is 14.9 Å². The number of pyridine rings is 1. The lowest BCUT2D eigenvalue weighted by atomic mass is 9.73. The third kappa shape index (κ3) is 4.52. The summed E-state index contributed by atoms with van der Waals surface area (Å²) in [6.07, 6.45) is 6.86. The van der Waals surface area contributed by atoms with Crippen LogP contribution in [0.1, 0.15) is 25.7 Å². The van der Waals surface area contributed by atoms with Crippen LogP contribution in [0.25, 0.3) is 0 Å². The highest BCUT2D eigenvalue weighted by atomic mass is 32.2. The van der Waals surface area contributed by atoms with Crippen molar-refractivity contribution in [1.29, 1.82) is 0 Å². The van der Waals surface area contributed by atoms with E-state index in [9.17, 15) is 14.7 Å². The molecule has 0 radical (unpaired) electrons. The van der Waals surface area contributed by atoms with Crippen LogP contribution in [-0.2, 0) is 9.59 Å². The summed E-state index contributed by atoms with van der Waals surface area (Å²) in [6, 6.07) is 3.82. The summed E-state index contributed by atoms with van der Waals surface area (Å²) in [5.41, 5.74) is -0.00166. The standard InChI is InChI=1S/C18H25N3O3S/c22-11-10-21-14-18(6-2-16(21)23)5-1-9-20(13-18)17(24)12-25-15-3-7-19-8-4-15/h3-4,7-8,22H,1-2,5-6,9-14H2/t18-/m1/s1. The molecule has 7 heteroatoms. The first-order valence-electron chi connectivity index (χ1n) is 8.81. The molecule has 25 heavy (non-hydrogen) atoms. The van der Waals surface area contributed by atoms with E-state index in [0.717, 1.165) is 37.2 Å². The molecule has 0 aromatic carbocycles. The number of β-amino-alcohol motifs (C(OH)–C–C–N with tert-alkyl or cyclic N) is 1. The van der Waals surface area contributed by atoms with Gasteiger partial charge in [-0.1, -0.05) is 0 Å². The Hall–Kier alpha value is -1.60. The van der Waals surface area contributed by atoms with Crippen molar-refractivity contribution in [3.8, 4) is 0 Å². The van der Waals surface area contributed by atoms with Gasteiger partial charge in [0.05, 0.1) is 12.4 Å². The monoisotopic (exact) mass is 363 g/mol. The van der Waals surface area contributed by atoms with Gasteiger partial charge in [0.1, 0.15) is 0 Å². The summed E-state index contributed by atoms with van der Waals surface area (Å²) < 4.78 is 0. The highest BCUT2D eigenvalue weighted by molar-refractivity contribution is 8.00. The van der Waals surface area contributed by atoms with Crippen LogP contribution in [0.15, 0.2) is 29.4 Å². The lowest BCUT2D eigenvalue weighted by Gasteiger charge is -2.48. The van der Waals surface area contributed by atoms with E-state index < -0.39 is 0 Å². The molecule has 3 rings (SSSR count). The molecule has 0 aliphatic carbocycles. The summed E-state index contributed by atoms with van der Waals surface area (Å²) in [4.78, 5) is 33.4. The SMILES string of the molecule is O=C1CC[C@@]2(CCCN(C(=O)CSc3ccncc3)C2)CN1CCO. The topological polar surface area (TPSA) is 73.7 Å². The molecule has 2 amide bonds. The predicted octanol–water partition coefficient (Wildman–Crippen LogP) is 1.40. The second-order valence-electron chi connectivity index (χ2n) is 6.93. The lowest BCUT2D eigenvalue weighted by Crippen LogP contribution is -2.55. The van der Waals surface area contributed by atoms with E-state index in [1.807, 2.05) is 17.0 Å². The van der Waals surface area contributed by atoms with Crippen molar-refractivity contribution in [3.05, 3.63) is 24.5 Å². The van der Waals surface area contributed by atoms with E-state index in [1.165, 1.54) is 11.8 Å². The minimum atomic E-state index is -0.00691. The second kappa shape index (κ2) is 8.19. The smallest absolute Gasteiger partial charge is 0.232 e. The van der Waals surface area contributed by atoms with E-state index in [4.69, 9.17) is 0 Å². The van der Waals surface area contributed by atoms with Gasteiger partial charge in [-0.2, -0.15) is 0 Å². The predicted molar refractivity (Wildman–Crippen MR) is 96.1 cm³/mol. The maximum Gasteiger partial charge on any atom is 0.232 e. The molecule has 1 aromatic heterocycles. The van der Waals surface area contributed by atoms with Crippen molar-refractivity contribution in [3.63, 3.8) is 0 Å². The number of piperidine rings is 2. The number of aliphatic hydroxyl groups excluding tert-OH is 1. The average molecular weight is 363 g/mol. The van der Waals surface area contributed by atoms with Gasteiger partial charge in [-0.3, -0.25) is 14.6 Å².